The van der Waals surface area contributed by atoms with E-state index < -0.39 is 6.23 Å². The summed E-state index contributed by atoms with van der Waals surface area (Å²) in [5.41, 5.74) is 2.26. The van der Waals surface area contributed by atoms with Gasteiger partial charge in [-0.05, 0) is 18.6 Å². The van der Waals surface area contributed by atoms with Gasteiger partial charge in [-0.3, -0.25) is 0 Å². The Bertz CT molecular complexity index is 510. The number of hydrogen-bond donors (Lipinski definition) is 1. The van der Waals surface area contributed by atoms with E-state index in [1.54, 1.807) is 0 Å². The Hall–Kier alpha value is -0.620. The van der Waals surface area contributed by atoms with Crippen molar-refractivity contribution in [1.82, 2.24) is 4.57 Å². The van der Waals surface area contributed by atoms with Crippen LogP contribution in [0.3, 0.4) is 0 Å². The van der Waals surface area contributed by atoms with Gasteiger partial charge in [0.25, 0.3) is 0 Å². The first-order valence-electron chi connectivity index (χ1n) is 6.87. The molecule has 0 amide bonds. The van der Waals surface area contributed by atoms with Gasteiger partial charge in [-0.15, -0.1) is 0 Å². The zero-order valence-corrected chi connectivity index (χ0v) is 13.9. The van der Waals surface area contributed by atoms with Gasteiger partial charge >= 0.3 is 0 Å². The van der Waals surface area contributed by atoms with Crippen LogP contribution in [0.25, 0.3) is 11.0 Å². The average molecular weight is 374 g/mol. The summed E-state index contributed by atoms with van der Waals surface area (Å²) >= 11 is 0. The lowest BCUT2D eigenvalue weighted by atomic mass is 10.1. The van der Waals surface area contributed by atoms with Crippen molar-refractivity contribution in [3.63, 3.8) is 0 Å². The van der Waals surface area contributed by atoms with Gasteiger partial charge < -0.3 is 29.1 Å². The van der Waals surface area contributed by atoms with Crippen LogP contribution in [0.15, 0.2) is 30.6 Å². The number of hydrogen-bond acceptors (Lipinski definition) is 1. The molecule has 0 radical (unpaired) electrons. The molecule has 2 aromatic rings. The minimum absolute atomic E-state index is 0. The molecular formula is C15H23IN2O. The van der Waals surface area contributed by atoms with E-state index >= 15 is 0 Å². The molecule has 0 bridgehead atoms. The number of aryl methyl sites for hydroxylation is 1. The van der Waals surface area contributed by atoms with Crippen molar-refractivity contribution < 1.29 is 33.7 Å². The molecule has 0 saturated heterocycles. The highest BCUT2D eigenvalue weighted by atomic mass is 127. The summed E-state index contributed by atoms with van der Waals surface area (Å²) in [6.45, 7) is 2.20. The van der Waals surface area contributed by atoms with Crippen molar-refractivity contribution in [1.29, 1.82) is 0 Å². The number of aliphatic hydroxyl groups is 1. The fraction of sp³-hybridized carbons (Fsp3) is 0.533. The quantitative estimate of drug-likeness (QED) is 0.428. The molecule has 2 rings (SSSR count). The van der Waals surface area contributed by atoms with Crippen LogP contribution in [0, 0.1) is 0 Å². The summed E-state index contributed by atoms with van der Waals surface area (Å²) in [5.74, 6) is 0. The van der Waals surface area contributed by atoms with Gasteiger partial charge in [0, 0.05) is 6.42 Å². The van der Waals surface area contributed by atoms with E-state index in [0.717, 1.165) is 23.9 Å². The van der Waals surface area contributed by atoms with E-state index in [1.165, 1.54) is 19.3 Å². The Morgan fingerprint density at radius 1 is 1.21 bits per heavy atom. The van der Waals surface area contributed by atoms with E-state index in [-0.39, 0.29) is 24.0 Å². The van der Waals surface area contributed by atoms with E-state index in [4.69, 9.17) is 0 Å². The summed E-state index contributed by atoms with van der Waals surface area (Å²) in [4.78, 5) is 0. The molecule has 1 aromatic heterocycles. The predicted octanol–water partition coefficient (Wildman–Crippen LogP) is -0.0689. The minimum atomic E-state index is -0.409. The molecule has 0 aliphatic rings. The second-order valence-electron chi connectivity index (χ2n) is 4.95. The zero-order chi connectivity index (χ0) is 13.0. The molecule has 1 unspecified atom stereocenters. The van der Waals surface area contributed by atoms with Crippen molar-refractivity contribution >= 4 is 11.0 Å². The van der Waals surface area contributed by atoms with Gasteiger partial charge in [0.1, 0.15) is 0 Å². The molecular weight excluding hydrogens is 351 g/mol. The van der Waals surface area contributed by atoms with Crippen LogP contribution >= 0.6 is 0 Å². The smallest absolute Gasteiger partial charge is 0.246 e. The third kappa shape index (κ3) is 3.92. The molecule has 3 nitrogen and oxygen atoms in total. The van der Waals surface area contributed by atoms with Crippen LogP contribution < -0.4 is 28.5 Å². The van der Waals surface area contributed by atoms with E-state index in [9.17, 15) is 5.11 Å². The van der Waals surface area contributed by atoms with Crippen LogP contribution in [-0.2, 0) is 7.05 Å². The number of para-hydroxylation sites is 2. The van der Waals surface area contributed by atoms with Crippen LogP contribution in [0.5, 0.6) is 0 Å². The highest BCUT2D eigenvalue weighted by Gasteiger charge is 2.18. The first-order chi connectivity index (χ1) is 8.74. The largest absolute Gasteiger partial charge is 1.00 e. The molecule has 0 aliphatic heterocycles. The molecule has 106 valence electrons. The SMILES string of the molecule is CCCCCCC(O)n1c[n+](C)c2ccccc21.[I-]. The first kappa shape index (κ1) is 16.4. The lowest BCUT2D eigenvalue weighted by molar-refractivity contribution is -0.646. The van der Waals surface area contributed by atoms with Crippen LogP contribution in [0.4, 0.5) is 0 Å². The predicted molar refractivity (Wildman–Crippen MR) is 73.1 cm³/mol. The van der Waals surface area contributed by atoms with Crippen molar-refractivity contribution in [3.8, 4) is 0 Å². The normalized spacial score (nSPS) is 12.4. The maximum absolute atomic E-state index is 10.3. The molecule has 1 atom stereocenters. The second-order valence-corrected chi connectivity index (χ2v) is 4.95. The van der Waals surface area contributed by atoms with Crippen LogP contribution in [0.2, 0.25) is 0 Å². The fourth-order valence-corrected chi connectivity index (χ4v) is 2.42. The lowest BCUT2D eigenvalue weighted by Crippen LogP contribution is -3.00. The molecule has 19 heavy (non-hydrogen) atoms. The summed E-state index contributed by atoms with van der Waals surface area (Å²) < 4.78 is 4.03. The molecule has 1 N–H and O–H groups in total. The van der Waals surface area contributed by atoms with E-state index in [2.05, 4.69) is 23.6 Å². The van der Waals surface area contributed by atoms with Gasteiger partial charge in [-0.1, -0.05) is 38.3 Å². The topological polar surface area (TPSA) is 29.0 Å². The van der Waals surface area contributed by atoms with Gasteiger partial charge in [0.15, 0.2) is 17.3 Å². The Labute approximate surface area is 132 Å². The number of imidazole rings is 1. The van der Waals surface area contributed by atoms with Crippen molar-refractivity contribution in [2.24, 2.45) is 7.05 Å². The molecule has 1 aromatic carbocycles. The number of aromatic nitrogens is 2. The lowest BCUT2D eigenvalue weighted by Gasteiger charge is -2.07. The highest BCUT2D eigenvalue weighted by Crippen LogP contribution is 2.19. The van der Waals surface area contributed by atoms with E-state index in [1.807, 2.05) is 30.1 Å². The molecule has 0 aliphatic carbocycles. The number of aliphatic hydroxyl groups excluding tert-OH is 1. The van der Waals surface area contributed by atoms with Gasteiger partial charge in [-0.2, -0.15) is 0 Å². The van der Waals surface area contributed by atoms with Gasteiger partial charge in [0.05, 0.1) is 7.05 Å². The summed E-state index contributed by atoms with van der Waals surface area (Å²) in [6, 6.07) is 8.18. The number of rotatable bonds is 6. The summed E-state index contributed by atoms with van der Waals surface area (Å²) in [6.07, 6.45) is 7.19. The maximum atomic E-state index is 10.3. The van der Waals surface area contributed by atoms with E-state index in [0.29, 0.717) is 0 Å². The molecule has 1 heterocycles. The number of benzene rings is 1. The number of halogens is 1. The Balaban J connectivity index is 0.00000180. The third-order valence-electron chi connectivity index (χ3n) is 3.47. The second kappa shape index (κ2) is 7.85. The minimum Gasteiger partial charge on any atom is -1.00 e. The fourth-order valence-electron chi connectivity index (χ4n) is 2.42. The number of fused-ring (bicyclic) bond motifs is 1. The molecule has 0 fully saturated rings. The van der Waals surface area contributed by atoms with Crippen LogP contribution in [0.1, 0.15) is 45.3 Å². The first-order valence-corrected chi connectivity index (χ1v) is 6.87. The van der Waals surface area contributed by atoms with Crippen molar-refractivity contribution in [3.05, 3.63) is 30.6 Å². The number of unbranched alkanes of at least 4 members (excludes halogenated alkanes) is 3. The zero-order valence-electron chi connectivity index (χ0n) is 11.7. The van der Waals surface area contributed by atoms with Gasteiger partial charge in [-0.25, -0.2) is 9.13 Å². The molecule has 0 spiro atoms. The summed E-state index contributed by atoms with van der Waals surface area (Å²) in [7, 11) is 2.02. The Morgan fingerprint density at radius 3 is 2.68 bits per heavy atom. The summed E-state index contributed by atoms with van der Waals surface area (Å²) in [5, 5.41) is 10.3. The highest BCUT2D eigenvalue weighted by molar-refractivity contribution is 5.71. The Morgan fingerprint density at radius 2 is 1.95 bits per heavy atom. The van der Waals surface area contributed by atoms with Gasteiger partial charge in [0.2, 0.25) is 6.33 Å². The van der Waals surface area contributed by atoms with Crippen LogP contribution in [-0.4, -0.2) is 9.67 Å². The molecule has 0 saturated carbocycles. The third-order valence-corrected chi connectivity index (χ3v) is 3.47. The van der Waals surface area contributed by atoms with Crippen molar-refractivity contribution in [2.45, 2.75) is 45.3 Å². The molecule has 4 heteroatoms. The Kier molecular flexibility index (Phi) is 6.79. The average Bonchev–Trinajstić information content (AvgIpc) is 2.73. The standard InChI is InChI=1S/C15H23N2O.HI/c1-3-4-5-6-11-15(18)17-12-16(2)13-9-7-8-10-14(13)17;/h7-10,12,15,18H,3-6,11H2,1-2H3;1H/q+1;/p-1. The number of nitrogens with zero attached hydrogens (tertiary/aromatic N) is 2. The maximum Gasteiger partial charge on any atom is 0.246 e. The van der Waals surface area contributed by atoms with Crippen molar-refractivity contribution in [2.75, 3.05) is 0 Å². The monoisotopic (exact) mass is 374 g/mol.